The van der Waals surface area contributed by atoms with Gasteiger partial charge >= 0.3 is 6.03 Å². The fraction of sp³-hybridized carbons (Fsp3) is 0.393. The van der Waals surface area contributed by atoms with Crippen molar-refractivity contribution in [3.05, 3.63) is 87.4 Å². The molecule has 1 atom stereocenters. The lowest BCUT2D eigenvalue weighted by atomic mass is 9.75. The molecule has 0 aliphatic carbocycles. The third-order valence-corrected chi connectivity index (χ3v) is 8.19. The smallest absolute Gasteiger partial charge is 0.318 e. The van der Waals surface area contributed by atoms with E-state index in [1.54, 1.807) is 17.5 Å². The maximum atomic E-state index is 13.9. The van der Waals surface area contributed by atoms with Crippen molar-refractivity contribution < 1.29 is 9.59 Å². The summed E-state index contributed by atoms with van der Waals surface area (Å²) in [5, 5.41) is 5.14. The molecule has 0 saturated carbocycles. The maximum absolute atomic E-state index is 13.9. The van der Waals surface area contributed by atoms with Crippen molar-refractivity contribution in [2.75, 3.05) is 19.6 Å². The summed E-state index contributed by atoms with van der Waals surface area (Å²) in [5.74, 6) is -0.165. The first-order valence-electron chi connectivity index (χ1n) is 12.3. The van der Waals surface area contributed by atoms with E-state index in [0.717, 1.165) is 32.5 Å². The number of rotatable bonds is 7. The number of urea groups is 1. The first kappa shape index (κ1) is 23.7. The molecule has 3 aromatic rings. The van der Waals surface area contributed by atoms with Crippen LogP contribution in [0, 0.1) is 19.8 Å². The monoisotopic (exact) mass is 488 g/mol. The van der Waals surface area contributed by atoms with Crippen LogP contribution in [0.2, 0.25) is 0 Å². The predicted molar refractivity (Wildman–Crippen MR) is 138 cm³/mol. The molecule has 0 radical (unpaired) electrons. The van der Waals surface area contributed by atoms with Crippen LogP contribution < -0.4 is 5.32 Å². The number of thiophene rings is 1. The molecule has 0 spiro atoms. The second-order valence-electron chi connectivity index (χ2n) is 9.79. The first-order chi connectivity index (χ1) is 17.0. The van der Waals surface area contributed by atoms with Gasteiger partial charge in [0, 0.05) is 24.2 Å². The third-order valence-electron chi connectivity index (χ3n) is 7.25. The van der Waals surface area contributed by atoms with Crippen LogP contribution in [0.25, 0.3) is 0 Å². The summed E-state index contributed by atoms with van der Waals surface area (Å²) in [6, 6.07) is 16.0. The van der Waals surface area contributed by atoms with Crippen molar-refractivity contribution in [3.8, 4) is 0 Å². The van der Waals surface area contributed by atoms with Gasteiger partial charge in [0.2, 0.25) is 0 Å². The topological polar surface area (TPSA) is 65.5 Å². The van der Waals surface area contributed by atoms with Gasteiger partial charge in [-0.25, -0.2) is 4.79 Å². The Morgan fingerprint density at radius 3 is 2.49 bits per heavy atom. The van der Waals surface area contributed by atoms with Crippen LogP contribution in [-0.4, -0.2) is 46.4 Å². The van der Waals surface area contributed by atoms with Gasteiger partial charge in [0.1, 0.15) is 0 Å². The second-order valence-corrected chi connectivity index (χ2v) is 10.8. The molecule has 1 N–H and O–H groups in total. The summed E-state index contributed by atoms with van der Waals surface area (Å²) in [4.78, 5) is 36.6. The molecular weight excluding hydrogens is 456 g/mol. The molecule has 5 rings (SSSR count). The van der Waals surface area contributed by atoms with Gasteiger partial charge in [-0.15, -0.1) is 11.3 Å². The summed E-state index contributed by atoms with van der Waals surface area (Å²) in [6.45, 7) is 7.31. The Morgan fingerprint density at radius 2 is 1.83 bits per heavy atom. The number of amides is 3. The Morgan fingerprint density at radius 1 is 1.06 bits per heavy atom. The zero-order chi connectivity index (χ0) is 24.4. The summed E-state index contributed by atoms with van der Waals surface area (Å²) in [7, 11) is 0. The number of likely N-dealkylation sites (tertiary alicyclic amines) is 1. The highest BCUT2D eigenvalue weighted by atomic mass is 32.1. The van der Waals surface area contributed by atoms with Gasteiger partial charge in [0.05, 0.1) is 5.69 Å². The number of aryl methyl sites for hydroxylation is 2. The van der Waals surface area contributed by atoms with Gasteiger partial charge in [0.15, 0.2) is 5.54 Å². The summed E-state index contributed by atoms with van der Waals surface area (Å²) in [5.41, 5.74) is 3.44. The fourth-order valence-corrected chi connectivity index (χ4v) is 6.37. The molecule has 4 heterocycles. The van der Waals surface area contributed by atoms with Crippen molar-refractivity contribution >= 4 is 23.3 Å². The molecule has 2 fully saturated rings. The normalized spacial score (nSPS) is 21.5. The lowest BCUT2D eigenvalue weighted by molar-refractivity contribution is -0.134. The highest BCUT2D eigenvalue weighted by molar-refractivity contribution is 7.09. The van der Waals surface area contributed by atoms with E-state index in [-0.39, 0.29) is 17.9 Å². The van der Waals surface area contributed by atoms with E-state index >= 15 is 0 Å². The van der Waals surface area contributed by atoms with E-state index in [9.17, 15) is 9.59 Å². The number of carbonyl (C=O) groups excluding carboxylic acids is 2. The van der Waals surface area contributed by atoms with E-state index in [1.807, 2.05) is 35.7 Å². The van der Waals surface area contributed by atoms with Crippen molar-refractivity contribution in [2.45, 2.75) is 45.2 Å². The van der Waals surface area contributed by atoms with Crippen molar-refractivity contribution in [1.82, 2.24) is 20.1 Å². The van der Waals surface area contributed by atoms with Crippen LogP contribution in [-0.2, 0) is 23.3 Å². The van der Waals surface area contributed by atoms with Gasteiger partial charge in [-0.2, -0.15) is 0 Å². The fourth-order valence-electron chi connectivity index (χ4n) is 5.67. The van der Waals surface area contributed by atoms with Crippen LogP contribution in [0.4, 0.5) is 4.79 Å². The largest absolute Gasteiger partial charge is 0.325 e. The Labute approximate surface area is 211 Å². The average Bonchev–Trinajstić information content (AvgIpc) is 3.45. The number of carbonyl (C=O) groups is 2. The molecule has 2 aliphatic rings. The number of pyridine rings is 1. The molecule has 2 saturated heterocycles. The SMILES string of the molecule is Cc1cc(C)cc(CN2CCC([C@]3(c4ccccn4)NC(=O)N(CCc4cccs4)C3=O)CC2)c1. The van der Waals surface area contributed by atoms with E-state index in [4.69, 9.17) is 0 Å². The number of nitrogens with one attached hydrogen (secondary N) is 1. The molecule has 1 aromatic carbocycles. The Hall–Kier alpha value is -3.03. The second kappa shape index (κ2) is 9.91. The number of nitrogens with zero attached hydrogens (tertiary/aromatic N) is 3. The molecule has 35 heavy (non-hydrogen) atoms. The maximum Gasteiger partial charge on any atom is 0.325 e. The summed E-state index contributed by atoms with van der Waals surface area (Å²) >= 11 is 1.65. The summed E-state index contributed by atoms with van der Waals surface area (Å²) in [6.07, 6.45) is 4.03. The lowest BCUT2D eigenvalue weighted by Gasteiger charge is -2.40. The minimum atomic E-state index is -1.10. The average molecular weight is 489 g/mol. The molecule has 0 bridgehead atoms. The van der Waals surface area contributed by atoms with Crippen molar-refractivity contribution in [3.63, 3.8) is 0 Å². The van der Waals surface area contributed by atoms with E-state index in [1.165, 1.54) is 26.5 Å². The van der Waals surface area contributed by atoms with Gasteiger partial charge in [0.25, 0.3) is 5.91 Å². The van der Waals surface area contributed by atoms with Crippen LogP contribution in [0.1, 0.15) is 40.1 Å². The number of piperidine rings is 1. The van der Waals surface area contributed by atoms with E-state index in [0.29, 0.717) is 18.7 Å². The van der Waals surface area contributed by atoms with Crippen LogP contribution >= 0.6 is 11.3 Å². The van der Waals surface area contributed by atoms with E-state index < -0.39 is 5.54 Å². The van der Waals surface area contributed by atoms with Crippen LogP contribution in [0.15, 0.2) is 60.1 Å². The molecule has 182 valence electrons. The number of aromatic nitrogens is 1. The van der Waals surface area contributed by atoms with Crippen LogP contribution in [0.3, 0.4) is 0 Å². The summed E-state index contributed by atoms with van der Waals surface area (Å²) < 4.78 is 0. The highest BCUT2D eigenvalue weighted by Crippen LogP contribution is 2.41. The molecule has 2 aromatic heterocycles. The number of hydrogen-bond donors (Lipinski definition) is 1. The van der Waals surface area contributed by atoms with Gasteiger partial charge in [-0.3, -0.25) is 19.6 Å². The zero-order valence-corrected chi connectivity index (χ0v) is 21.2. The third kappa shape index (κ3) is 4.75. The quantitative estimate of drug-likeness (QED) is 0.491. The van der Waals surface area contributed by atoms with Gasteiger partial charge in [-0.1, -0.05) is 41.5 Å². The minimum Gasteiger partial charge on any atom is -0.318 e. The molecule has 6 nitrogen and oxygen atoms in total. The molecule has 3 amide bonds. The van der Waals surface area contributed by atoms with Crippen LogP contribution in [0.5, 0.6) is 0 Å². The first-order valence-corrected chi connectivity index (χ1v) is 13.2. The van der Waals surface area contributed by atoms with Gasteiger partial charge < -0.3 is 5.32 Å². The Balaban J connectivity index is 1.34. The standard InChI is InChI=1S/C28H32N4O2S/c1-20-16-21(2)18-22(17-20)19-31-12-8-23(9-13-31)28(25-7-3-4-11-29-25)26(33)32(27(34)30-28)14-10-24-6-5-15-35-24/h3-7,11,15-18,23H,8-10,12-14,19H2,1-2H3,(H,30,34)/t28-/m1/s1. The number of hydrogen-bond acceptors (Lipinski definition) is 5. The highest BCUT2D eigenvalue weighted by Gasteiger charge is 2.57. The Bertz CT molecular complexity index is 1170. The minimum absolute atomic E-state index is 0.00363. The predicted octanol–water partition coefficient (Wildman–Crippen LogP) is 4.66. The number of imide groups is 1. The van der Waals surface area contributed by atoms with Crippen molar-refractivity contribution in [1.29, 1.82) is 0 Å². The molecule has 2 aliphatic heterocycles. The molecule has 0 unspecified atom stereocenters. The lowest BCUT2D eigenvalue weighted by Crippen LogP contribution is -2.54. The van der Waals surface area contributed by atoms with E-state index in [2.05, 4.69) is 47.2 Å². The van der Waals surface area contributed by atoms with Crippen molar-refractivity contribution in [2.24, 2.45) is 5.92 Å². The molecular formula is C28H32N4O2S. The Kier molecular flexibility index (Phi) is 6.71. The van der Waals surface area contributed by atoms with Gasteiger partial charge in [-0.05, 0) is 81.3 Å². The number of benzene rings is 1. The zero-order valence-electron chi connectivity index (χ0n) is 20.4. The molecule has 7 heteroatoms.